The summed E-state index contributed by atoms with van der Waals surface area (Å²) in [5.41, 5.74) is 2.20. The van der Waals surface area contributed by atoms with E-state index in [1.54, 1.807) is 6.07 Å². The molecule has 3 amide bonds. The summed E-state index contributed by atoms with van der Waals surface area (Å²) in [4.78, 5) is 62.4. The van der Waals surface area contributed by atoms with Gasteiger partial charge >= 0.3 is 11.7 Å². The fourth-order valence-electron chi connectivity index (χ4n) is 2.92. The average molecular weight is 375 g/mol. The van der Waals surface area contributed by atoms with E-state index in [0.717, 1.165) is 9.13 Å². The van der Waals surface area contributed by atoms with Gasteiger partial charge in [0.25, 0.3) is 11.5 Å². The Bertz CT molecular complexity index is 1080. The first-order valence-electron chi connectivity index (χ1n) is 7.86. The molecule has 3 rings (SSSR count). The molecule has 0 radical (unpaired) electrons. The van der Waals surface area contributed by atoms with Crippen LogP contribution in [0.15, 0.2) is 32.4 Å². The minimum Gasteiger partial charge on any atom is -0.466 e. The van der Waals surface area contributed by atoms with Crippen molar-refractivity contribution >= 4 is 23.5 Å². The largest absolute Gasteiger partial charge is 0.466 e. The zero-order valence-corrected chi connectivity index (χ0v) is 14.8. The molecule has 1 aliphatic rings. The first kappa shape index (κ1) is 18.2. The van der Waals surface area contributed by atoms with Crippen molar-refractivity contribution in [2.24, 2.45) is 14.1 Å². The van der Waals surface area contributed by atoms with Crippen molar-refractivity contribution in [3.8, 4) is 0 Å². The van der Waals surface area contributed by atoms with Gasteiger partial charge < -0.3 is 15.5 Å². The van der Waals surface area contributed by atoms with E-state index in [1.807, 2.05) is 0 Å². The van der Waals surface area contributed by atoms with E-state index in [-0.39, 0.29) is 11.6 Å². The number of Topliss-reactive ketones (excluding diaryl/α,β-unsaturated/α-hetero) is 1. The van der Waals surface area contributed by atoms with E-state index >= 15 is 0 Å². The van der Waals surface area contributed by atoms with Crippen LogP contribution in [0.1, 0.15) is 23.0 Å². The van der Waals surface area contributed by atoms with Gasteiger partial charge in [-0.3, -0.25) is 28.4 Å². The first-order valence-corrected chi connectivity index (χ1v) is 7.86. The molecule has 11 heteroatoms. The summed E-state index contributed by atoms with van der Waals surface area (Å²) in [6.07, 6.45) is 1.35. The SMILES string of the molecule is Cn1c(N)c(C(=O)CN2C(=O)NC(C)(c3ccco3)C2=O)c(=O)n(C)c1=O. The van der Waals surface area contributed by atoms with Crippen molar-refractivity contribution in [2.75, 3.05) is 12.3 Å². The van der Waals surface area contributed by atoms with Crippen LogP contribution in [0.4, 0.5) is 10.6 Å². The summed E-state index contributed by atoms with van der Waals surface area (Å²) in [7, 11) is 2.50. The van der Waals surface area contributed by atoms with Crippen LogP contribution in [-0.4, -0.2) is 38.3 Å². The minimum absolute atomic E-state index is 0.202. The van der Waals surface area contributed by atoms with E-state index in [2.05, 4.69) is 5.32 Å². The lowest BCUT2D eigenvalue weighted by molar-refractivity contribution is -0.131. The summed E-state index contributed by atoms with van der Waals surface area (Å²) in [5, 5.41) is 2.47. The smallest absolute Gasteiger partial charge is 0.332 e. The Hall–Kier alpha value is -3.63. The lowest BCUT2D eigenvalue weighted by Gasteiger charge is -2.19. The predicted molar refractivity (Wildman–Crippen MR) is 92.0 cm³/mol. The van der Waals surface area contributed by atoms with Gasteiger partial charge in [-0.1, -0.05) is 0 Å². The van der Waals surface area contributed by atoms with Crippen molar-refractivity contribution < 1.29 is 18.8 Å². The van der Waals surface area contributed by atoms with Crippen molar-refractivity contribution in [3.05, 3.63) is 50.6 Å². The number of rotatable bonds is 4. The van der Waals surface area contributed by atoms with Crippen LogP contribution in [0.3, 0.4) is 0 Å². The maximum Gasteiger partial charge on any atom is 0.332 e. The summed E-state index contributed by atoms with van der Waals surface area (Å²) in [6, 6.07) is 2.26. The van der Waals surface area contributed by atoms with Crippen LogP contribution in [0, 0.1) is 0 Å². The second-order valence-corrected chi connectivity index (χ2v) is 6.31. The summed E-state index contributed by atoms with van der Waals surface area (Å²) in [5.74, 6) is -1.71. The molecule has 1 atom stereocenters. The highest BCUT2D eigenvalue weighted by Gasteiger charge is 2.51. The normalized spacial score (nSPS) is 19.4. The molecule has 1 aliphatic heterocycles. The molecule has 1 saturated heterocycles. The molecule has 3 heterocycles. The molecule has 27 heavy (non-hydrogen) atoms. The number of hydrogen-bond acceptors (Lipinski definition) is 7. The fraction of sp³-hybridized carbons (Fsp3) is 0.312. The third-order valence-corrected chi connectivity index (χ3v) is 4.58. The number of hydrogen-bond donors (Lipinski definition) is 2. The number of imide groups is 1. The minimum atomic E-state index is -1.47. The van der Waals surface area contributed by atoms with Gasteiger partial charge in [-0.05, 0) is 19.1 Å². The quantitative estimate of drug-likeness (QED) is 0.509. The number of nitrogens with two attached hydrogens (primary N) is 1. The lowest BCUT2D eigenvalue weighted by Crippen LogP contribution is -2.44. The third-order valence-electron chi connectivity index (χ3n) is 4.58. The second-order valence-electron chi connectivity index (χ2n) is 6.31. The van der Waals surface area contributed by atoms with Crippen LogP contribution in [0.2, 0.25) is 0 Å². The van der Waals surface area contributed by atoms with E-state index in [4.69, 9.17) is 10.2 Å². The topological polar surface area (TPSA) is 150 Å². The van der Waals surface area contributed by atoms with Gasteiger partial charge in [0.2, 0.25) is 0 Å². The second kappa shape index (κ2) is 5.97. The Morgan fingerprint density at radius 3 is 2.48 bits per heavy atom. The number of furan rings is 1. The predicted octanol–water partition coefficient (Wildman–Crippen LogP) is -1.09. The first-order chi connectivity index (χ1) is 12.6. The Balaban J connectivity index is 1.96. The molecule has 3 N–H and O–H groups in total. The number of carbonyl (C=O) groups is 3. The molecule has 1 fully saturated rings. The molecule has 142 valence electrons. The van der Waals surface area contributed by atoms with Crippen LogP contribution in [0.5, 0.6) is 0 Å². The van der Waals surface area contributed by atoms with E-state index in [0.29, 0.717) is 4.90 Å². The molecular weight excluding hydrogens is 358 g/mol. The zero-order valence-electron chi connectivity index (χ0n) is 14.8. The zero-order chi connectivity index (χ0) is 20.1. The fourth-order valence-corrected chi connectivity index (χ4v) is 2.92. The third kappa shape index (κ3) is 2.55. The van der Waals surface area contributed by atoms with Gasteiger partial charge in [0, 0.05) is 14.1 Å². The molecule has 0 saturated carbocycles. The summed E-state index contributed by atoms with van der Waals surface area (Å²) >= 11 is 0. The number of amides is 3. The van der Waals surface area contributed by atoms with Gasteiger partial charge in [0.05, 0.1) is 12.8 Å². The highest BCUT2D eigenvalue weighted by atomic mass is 16.3. The Labute approximate surface area is 152 Å². The van der Waals surface area contributed by atoms with Gasteiger partial charge in [-0.15, -0.1) is 0 Å². The van der Waals surface area contributed by atoms with Crippen LogP contribution in [0.25, 0.3) is 0 Å². The van der Waals surface area contributed by atoms with Gasteiger partial charge in [0.15, 0.2) is 11.3 Å². The van der Waals surface area contributed by atoms with Crippen molar-refractivity contribution in [1.82, 2.24) is 19.4 Å². The van der Waals surface area contributed by atoms with Gasteiger partial charge in [-0.25, -0.2) is 9.59 Å². The number of urea groups is 1. The number of ketones is 1. The van der Waals surface area contributed by atoms with Crippen LogP contribution < -0.4 is 22.3 Å². The molecule has 2 aromatic heterocycles. The number of carbonyl (C=O) groups excluding carboxylic acids is 3. The number of aromatic nitrogens is 2. The lowest BCUT2D eigenvalue weighted by atomic mass is 9.99. The highest BCUT2D eigenvalue weighted by molar-refractivity contribution is 6.11. The van der Waals surface area contributed by atoms with Gasteiger partial charge in [-0.2, -0.15) is 0 Å². The Kier molecular flexibility index (Phi) is 4.02. The molecule has 0 bridgehead atoms. The van der Waals surface area contributed by atoms with E-state index < -0.39 is 46.6 Å². The molecule has 1 unspecified atom stereocenters. The molecule has 2 aromatic rings. The maximum absolute atomic E-state index is 12.7. The van der Waals surface area contributed by atoms with Crippen LogP contribution in [-0.2, 0) is 24.4 Å². The van der Waals surface area contributed by atoms with E-state index in [9.17, 15) is 24.0 Å². The van der Waals surface area contributed by atoms with Crippen LogP contribution >= 0.6 is 0 Å². The molecule has 0 spiro atoms. The van der Waals surface area contributed by atoms with Crippen molar-refractivity contribution in [1.29, 1.82) is 0 Å². The molecule has 0 aromatic carbocycles. The number of anilines is 1. The highest BCUT2D eigenvalue weighted by Crippen LogP contribution is 2.29. The number of nitrogens with zero attached hydrogens (tertiary/aromatic N) is 3. The van der Waals surface area contributed by atoms with Crippen molar-refractivity contribution in [3.63, 3.8) is 0 Å². The van der Waals surface area contributed by atoms with Gasteiger partial charge in [0.1, 0.15) is 17.1 Å². The Morgan fingerprint density at radius 1 is 1.22 bits per heavy atom. The number of nitrogen functional groups attached to an aromatic ring is 1. The summed E-state index contributed by atoms with van der Waals surface area (Å²) in [6.45, 7) is 0.731. The Morgan fingerprint density at radius 2 is 1.89 bits per heavy atom. The summed E-state index contributed by atoms with van der Waals surface area (Å²) < 4.78 is 6.86. The monoisotopic (exact) mass is 375 g/mol. The average Bonchev–Trinajstić information content (AvgIpc) is 3.23. The molecule has 11 nitrogen and oxygen atoms in total. The van der Waals surface area contributed by atoms with E-state index in [1.165, 1.54) is 33.3 Å². The van der Waals surface area contributed by atoms with Crippen molar-refractivity contribution in [2.45, 2.75) is 12.5 Å². The molecular formula is C16H17N5O6. The molecule has 0 aliphatic carbocycles. The standard InChI is InChI=1S/C16H17N5O6/c1-16(9-5-4-6-27-9)13(24)21(14(25)18-16)7-8(22)10-11(17)19(2)15(26)20(3)12(10)23/h4-6H,7,17H2,1-3H3,(H,18,25). The number of nitrogens with one attached hydrogen (secondary N) is 1. The maximum atomic E-state index is 12.7.